The van der Waals surface area contributed by atoms with Crippen molar-refractivity contribution in [1.29, 1.82) is 0 Å². The van der Waals surface area contributed by atoms with E-state index in [0.29, 0.717) is 29.8 Å². The second-order valence-electron chi connectivity index (χ2n) is 8.18. The minimum Gasteiger partial charge on any atom is -0.493 e. The maximum atomic E-state index is 12.4. The molecule has 0 aliphatic heterocycles. The number of methoxy groups -OCH3 is 1. The number of nitrogens with one attached hydrogen (secondary N) is 1. The fourth-order valence-corrected chi connectivity index (χ4v) is 4.35. The van der Waals surface area contributed by atoms with Gasteiger partial charge in [0.25, 0.3) is 5.91 Å². The quantitative estimate of drug-likeness (QED) is 0.170. The minimum absolute atomic E-state index is 0.164. The molecule has 0 atom stereocenters. The summed E-state index contributed by atoms with van der Waals surface area (Å²) in [5, 5.41) is 13.4. The first kappa shape index (κ1) is 26.0. The second-order valence-corrected chi connectivity index (χ2v) is 9.13. The summed E-state index contributed by atoms with van der Waals surface area (Å²) in [6.45, 7) is 5.19. The van der Waals surface area contributed by atoms with Crippen LogP contribution in [-0.4, -0.2) is 39.7 Å². The molecule has 0 spiro atoms. The van der Waals surface area contributed by atoms with Crippen molar-refractivity contribution in [1.82, 2.24) is 20.2 Å². The molecular formula is C28H29N5O3S. The Bertz CT molecular complexity index is 1350. The summed E-state index contributed by atoms with van der Waals surface area (Å²) in [6.07, 6.45) is 1.57. The van der Waals surface area contributed by atoms with Gasteiger partial charge in [-0.1, -0.05) is 71.9 Å². The zero-order valence-electron chi connectivity index (χ0n) is 21.0. The van der Waals surface area contributed by atoms with Gasteiger partial charge in [-0.2, -0.15) is 5.10 Å². The minimum atomic E-state index is -0.238. The van der Waals surface area contributed by atoms with Gasteiger partial charge in [-0.25, -0.2) is 5.43 Å². The van der Waals surface area contributed by atoms with Crippen LogP contribution >= 0.6 is 11.8 Å². The summed E-state index contributed by atoms with van der Waals surface area (Å²) in [7, 11) is 1.60. The number of hydrazone groups is 1. The Morgan fingerprint density at radius 2 is 1.84 bits per heavy atom. The normalized spacial score (nSPS) is 11.0. The average Bonchev–Trinajstić information content (AvgIpc) is 3.34. The van der Waals surface area contributed by atoms with Gasteiger partial charge < -0.3 is 14.0 Å². The number of hydrogen-bond acceptors (Lipinski definition) is 7. The monoisotopic (exact) mass is 515 g/mol. The number of benzene rings is 3. The maximum Gasteiger partial charge on any atom is 0.250 e. The third-order valence-corrected chi connectivity index (χ3v) is 6.47. The standard InChI is InChI=1S/C28H29N5O3S/c1-4-33-27(23-13-10-20(2)11-14-23)31-32-28(33)37-19-26(34)30-29-17-22-12-15-24(35-3)25(16-22)36-18-21-8-6-5-7-9-21/h5-17H,4,18-19H2,1-3H3,(H,30,34). The first-order chi connectivity index (χ1) is 18.1. The molecule has 0 saturated heterocycles. The molecule has 0 aliphatic carbocycles. The summed E-state index contributed by atoms with van der Waals surface area (Å²) in [5.41, 5.74) is 6.57. The number of carbonyl (C=O) groups excluding carboxylic acids is 1. The lowest BCUT2D eigenvalue weighted by Gasteiger charge is -2.11. The SMILES string of the molecule is CCn1c(SCC(=O)NN=Cc2ccc(OC)c(OCc3ccccc3)c2)nnc1-c1ccc(C)cc1. The number of nitrogens with zero attached hydrogens (tertiary/aromatic N) is 4. The van der Waals surface area contributed by atoms with Crippen LogP contribution in [0.1, 0.15) is 23.6 Å². The van der Waals surface area contributed by atoms with Crippen LogP contribution in [0.2, 0.25) is 0 Å². The highest BCUT2D eigenvalue weighted by Crippen LogP contribution is 2.28. The number of ether oxygens (including phenoxy) is 2. The zero-order valence-corrected chi connectivity index (χ0v) is 21.9. The smallest absolute Gasteiger partial charge is 0.250 e. The van der Waals surface area contributed by atoms with Gasteiger partial charge in [0, 0.05) is 12.1 Å². The Kier molecular flexibility index (Phi) is 8.93. The summed E-state index contributed by atoms with van der Waals surface area (Å²) < 4.78 is 13.3. The van der Waals surface area contributed by atoms with E-state index in [1.165, 1.54) is 17.3 Å². The van der Waals surface area contributed by atoms with E-state index in [-0.39, 0.29) is 11.7 Å². The highest BCUT2D eigenvalue weighted by molar-refractivity contribution is 7.99. The molecule has 1 N–H and O–H groups in total. The van der Waals surface area contributed by atoms with Crippen molar-refractivity contribution in [2.45, 2.75) is 32.2 Å². The fourth-order valence-electron chi connectivity index (χ4n) is 3.56. The van der Waals surface area contributed by atoms with Crippen LogP contribution in [0, 0.1) is 6.92 Å². The maximum absolute atomic E-state index is 12.4. The van der Waals surface area contributed by atoms with Crippen LogP contribution in [0.5, 0.6) is 11.5 Å². The van der Waals surface area contributed by atoms with E-state index in [1.807, 2.05) is 91.2 Å². The highest BCUT2D eigenvalue weighted by atomic mass is 32.2. The van der Waals surface area contributed by atoms with Gasteiger partial charge in [0.2, 0.25) is 0 Å². The molecule has 1 amide bonds. The van der Waals surface area contributed by atoms with E-state index in [1.54, 1.807) is 13.3 Å². The zero-order chi connectivity index (χ0) is 26.0. The van der Waals surface area contributed by atoms with E-state index in [0.717, 1.165) is 22.5 Å². The number of hydrogen-bond donors (Lipinski definition) is 1. The van der Waals surface area contributed by atoms with Crippen LogP contribution in [0.15, 0.2) is 83.1 Å². The van der Waals surface area contributed by atoms with Gasteiger partial charge in [-0.3, -0.25) is 4.79 Å². The predicted molar refractivity (Wildman–Crippen MR) is 146 cm³/mol. The molecule has 0 saturated carbocycles. The Hall–Kier alpha value is -4.11. The van der Waals surface area contributed by atoms with Crippen LogP contribution in [0.25, 0.3) is 11.4 Å². The van der Waals surface area contributed by atoms with Crippen molar-refractivity contribution in [2.24, 2.45) is 5.10 Å². The molecule has 1 heterocycles. The van der Waals surface area contributed by atoms with Crippen molar-refractivity contribution in [2.75, 3.05) is 12.9 Å². The van der Waals surface area contributed by atoms with Crippen LogP contribution < -0.4 is 14.9 Å². The summed E-state index contributed by atoms with van der Waals surface area (Å²) in [4.78, 5) is 12.4. The Balaban J connectivity index is 1.33. The number of rotatable bonds is 11. The van der Waals surface area contributed by atoms with Gasteiger partial charge in [-0.15, -0.1) is 10.2 Å². The third-order valence-electron chi connectivity index (χ3n) is 5.50. The Morgan fingerprint density at radius 3 is 2.57 bits per heavy atom. The van der Waals surface area contributed by atoms with E-state index in [4.69, 9.17) is 9.47 Å². The first-order valence-corrected chi connectivity index (χ1v) is 12.9. The molecule has 4 rings (SSSR count). The van der Waals surface area contributed by atoms with Crippen LogP contribution in [0.4, 0.5) is 0 Å². The second kappa shape index (κ2) is 12.7. The molecule has 0 unspecified atom stereocenters. The predicted octanol–water partition coefficient (Wildman–Crippen LogP) is 5.10. The Morgan fingerprint density at radius 1 is 1.05 bits per heavy atom. The molecule has 0 bridgehead atoms. The van der Waals surface area contributed by atoms with Gasteiger partial charge in [0.05, 0.1) is 19.1 Å². The molecule has 8 nitrogen and oxygen atoms in total. The van der Waals surface area contributed by atoms with Crippen molar-refractivity contribution < 1.29 is 14.3 Å². The molecule has 190 valence electrons. The van der Waals surface area contributed by atoms with Crippen molar-refractivity contribution in [3.8, 4) is 22.9 Å². The summed E-state index contributed by atoms with van der Waals surface area (Å²) >= 11 is 1.32. The van der Waals surface area contributed by atoms with Gasteiger partial charge in [0.1, 0.15) is 6.61 Å². The van der Waals surface area contributed by atoms with Crippen molar-refractivity contribution in [3.63, 3.8) is 0 Å². The highest BCUT2D eigenvalue weighted by Gasteiger charge is 2.14. The molecule has 1 aromatic heterocycles. The Labute approximate surface area is 220 Å². The number of aryl methyl sites for hydroxylation is 1. The lowest BCUT2D eigenvalue weighted by molar-refractivity contribution is -0.118. The number of amides is 1. The number of carbonyl (C=O) groups is 1. The molecule has 0 aliphatic rings. The van der Waals surface area contributed by atoms with Crippen LogP contribution in [0.3, 0.4) is 0 Å². The summed E-state index contributed by atoms with van der Waals surface area (Å²) in [6, 6.07) is 23.5. The molecule has 0 fully saturated rings. The fraction of sp³-hybridized carbons (Fsp3) is 0.214. The largest absolute Gasteiger partial charge is 0.493 e. The molecule has 37 heavy (non-hydrogen) atoms. The lowest BCUT2D eigenvalue weighted by Crippen LogP contribution is -2.20. The average molecular weight is 516 g/mol. The third kappa shape index (κ3) is 6.98. The van der Waals surface area contributed by atoms with Crippen LogP contribution in [-0.2, 0) is 17.9 Å². The molecule has 4 aromatic rings. The topological polar surface area (TPSA) is 90.6 Å². The van der Waals surface area contributed by atoms with E-state index >= 15 is 0 Å². The van der Waals surface area contributed by atoms with Gasteiger partial charge >= 0.3 is 0 Å². The lowest BCUT2D eigenvalue weighted by atomic mass is 10.1. The molecule has 0 radical (unpaired) electrons. The van der Waals surface area contributed by atoms with E-state index in [9.17, 15) is 4.79 Å². The molecule has 3 aromatic carbocycles. The number of thioether (sulfide) groups is 1. The molecule has 9 heteroatoms. The van der Waals surface area contributed by atoms with Crippen molar-refractivity contribution >= 4 is 23.9 Å². The van der Waals surface area contributed by atoms with E-state index < -0.39 is 0 Å². The van der Waals surface area contributed by atoms with Gasteiger partial charge in [0.15, 0.2) is 22.5 Å². The van der Waals surface area contributed by atoms with Crippen molar-refractivity contribution in [3.05, 3.63) is 89.5 Å². The summed E-state index contributed by atoms with van der Waals surface area (Å²) in [5.74, 6) is 1.93. The van der Waals surface area contributed by atoms with Gasteiger partial charge in [-0.05, 0) is 43.2 Å². The molecular weight excluding hydrogens is 486 g/mol. The first-order valence-electron chi connectivity index (χ1n) is 11.9. The number of aromatic nitrogens is 3. The van der Waals surface area contributed by atoms with E-state index in [2.05, 4.69) is 20.7 Å².